The predicted octanol–water partition coefficient (Wildman–Crippen LogP) is 3.27. The minimum absolute atomic E-state index is 0.00436. The van der Waals surface area contributed by atoms with Crippen LogP contribution in [-0.2, 0) is 28.5 Å². The maximum atomic E-state index is 13.6. The molecule has 0 aliphatic carbocycles. The number of ether oxygens (including phenoxy) is 4. The summed E-state index contributed by atoms with van der Waals surface area (Å²) in [6.07, 6.45) is 0. The van der Waals surface area contributed by atoms with E-state index in [1.165, 1.54) is 33.5 Å². The zero-order valence-electron chi connectivity index (χ0n) is 21.9. The summed E-state index contributed by atoms with van der Waals surface area (Å²) in [5, 5.41) is 2.59. The number of nitrogens with zero attached hydrogens (tertiary/aromatic N) is 1. The van der Waals surface area contributed by atoms with Gasteiger partial charge in [-0.2, -0.15) is 0 Å². The summed E-state index contributed by atoms with van der Waals surface area (Å²) in [6.45, 7) is 5.01. The Morgan fingerprint density at radius 2 is 1.55 bits per heavy atom. The zero-order chi connectivity index (χ0) is 28.1. The minimum atomic E-state index is -2.22. The lowest BCUT2D eigenvalue weighted by Crippen LogP contribution is -2.62. The second kappa shape index (κ2) is 12.6. The fourth-order valence-corrected chi connectivity index (χ4v) is 7.91. The van der Waals surface area contributed by atoms with E-state index >= 15 is 0 Å². The summed E-state index contributed by atoms with van der Waals surface area (Å²) < 4.78 is 21.1. The Morgan fingerprint density at radius 3 is 2.11 bits per heavy atom. The van der Waals surface area contributed by atoms with Gasteiger partial charge < -0.3 is 24.3 Å². The van der Waals surface area contributed by atoms with Gasteiger partial charge in [-0.3, -0.25) is 4.79 Å². The second-order valence-electron chi connectivity index (χ2n) is 9.02. The van der Waals surface area contributed by atoms with Crippen molar-refractivity contribution in [3.05, 3.63) is 46.7 Å². The molecule has 0 saturated carbocycles. The number of hydrogen-bond acceptors (Lipinski definition) is 12. The van der Waals surface area contributed by atoms with Crippen molar-refractivity contribution in [2.45, 2.75) is 36.7 Å². The van der Waals surface area contributed by atoms with Gasteiger partial charge >= 0.3 is 17.9 Å². The molecule has 1 amide bonds. The summed E-state index contributed by atoms with van der Waals surface area (Å²) in [6, 6.07) is 5.99. The average molecular weight is 583 g/mol. The number of aliphatic imine (C=N–C) groups is 1. The van der Waals surface area contributed by atoms with E-state index in [-0.39, 0.29) is 26.4 Å². The monoisotopic (exact) mass is 582 g/mol. The molecule has 1 fully saturated rings. The van der Waals surface area contributed by atoms with E-state index < -0.39 is 35.1 Å². The van der Waals surface area contributed by atoms with Gasteiger partial charge in [0.05, 0.1) is 29.9 Å². The van der Waals surface area contributed by atoms with Crippen molar-refractivity contribution >= 4 is 64.1 Å². The highest BCUT2D eigenvalue weighted by Crippen LogP contribution is 2.43. The molecule has 206 valence electrons. The summed E-state index contributed by atoms with van der Waals surface area (Å²) in [5.74, 6) is -0.960. The Morgan fingerprint density at radius 1 is 0.947 bits per heavy atom. The number of esters is 3. The second-order valence-corrected chi connectivity index (χ2v) is 12.7. The summed E-state index contributed by atoms with van der Waals surface area (Å²) in [4.78, 5) is 56.8. The summed E-state index contributed by atoms with van der Waals surface area (Å²) >= 11 is 4.56. The Hall–Kier alpha value is -2.48. The molecular formula is C25H30N2O8S3. The van der Waals surface area contributed by atoms with Crippen LogP contribution in [0.1, 0.15) is 41.5 Å². The van der Waals surface area contributed by atoms with E-state index in [1.54, 1.807) is 56.4 Å². The van der Waals surface area contributed by atoms with E-state index in [9.17, 15) is 19.2 Å². The SMILES string of the molecule is COC(=O)C1=C(C2SCCS2)CSC(C(NC(=O)c2ccccc2C(=O)OC)(OC)C(=O)OC(C)(C)C)=N1. The van der Waals surface area contributed by atoms with Crippen molar-refractivity contribution in [3.8, 4) is 0 Å². The van der Waals surface area contributed by atoms with Crippen molar-refractivity contribution in [1.29, 1.82) is 0 Å². The van der Waals surface area contributed by atoms with Crippen molar-refractivity contribution in [2.75, 3.05) is 38.6 Å². The van der Waals surface area contributed by atoms with Gasteiger partial charge in [0.15, 0.2) is 5.70 Å². The van der Waals surface area contributed by atoms with E-state index in [1.807, 2.05) is 0 Å². The van der Waals surface area contributed by atoms with Gasteiger partial charge in [-0.15, -0.1) is 35.3 Å². The number of benzene rings is 1. The van der Waals surface area contributed by atoms with Gasteiger partial charge in [-0.25, -0.2) is 19.4 Å². The van der Waals surface area contributed by atoms with Crippen LogP contribution in [0.5, 0.6) is 0 Å². The lowest BCUT2D eigenvalue weighted by Gasteiger charge is -2.36. The van der Waals surface area contributed by atoms with E-state index in [2.05, 4.69) is 10.3 Å². The lowest BCUT2D eigenvalue weighted by molar-refractivity contribution is -0.174. The standard InChI is InChI=1S/C25H30N2O8S3/c1-24(2,3)35-23(31)25(34-6,27-18(28)14-9-7-8-10-15(14)19(29)32-4)22-26-17(20(30)33-5)16(13-38-22)21-36-11-12-37-21/h7-10,21H,11-13H2,1-6H3,(H,27,28). The maximum Gasteiger partial charge on any atom is 0.367 e. The third-order valence-corrected chi connectivity index (χ3v) is 9.56. The smallest absolute Gasteiger partial charge is 0.367 e. The van der Waals surface area contributed by atoms with Gasteiger partial charge in [0.25, 0.3) is 11.6 Å². The van der Waals surface area contributed by atoms with Crippen LogP contribution >= 0.6 is 35.3 Å². The molecule has 2 aliphatic heterocycles. The molecule has 0 spiro atoms. The molecule has 0 bridgehead atoms. The van der Waals surface area contributed by atoms with Crippen molar-refractivity contribution < 1.29 is 38.1 Å². The first kappa shape index (κ1) is 30.1. The summed E-state index contributed by atoms with van der Waals surface area (Å²) in [7, 11) is 3.67. The van der Waals surface area contributed by atoms with Crippen LogP contribution in [0.2, 0.25) is 0 Å². The highest BCUT2D eigenvalue weighted by molar-refractivity contribution is 8.20. The van der Waals surface area contributed by atoms with Crippen molar-refractivity contribution in [1.82, 2.24) is 5.32 Å². The number of amides is 1. The number of carbonyl (C=O) groups excluding carboxylic acids is 4. The largest absolute Gasteiger partial charge is 0.465 e. The topological polar surface area (TPSA) is 130 Å². The summed E-state index contributed by atoms with van der Waals surface area (Å²) in [5.41, 5.74) is -2.39. The lowest BCUT2D eigenvalue weighted by atomic mass is 10.1. The molecule has 1 atom stereocenters. The third kappa shape index (κ3) is 6.56. The third-order valence-electron chi connectivity index (χ3n) is 5.33. The first-order valence-electron chi connectivity index (χ1n) is 11.5. The Kier molecular flexibility index (Phi) is 9.96. The highest BCUT2D eigenvalue weighted by atomic mass is 32.2. The fourth-order valence-electron chi connectivity index (χ4n) is 3.57. The quantitative estimate of drug-likeness (QED) is 0.275. The molecule has 1 N–H and O–H groups in total. The van der Waals surface area contributed by atoms with Crippen molar-refractivity contribution in [3.63, 3.8) is 0 Å². The molecule has 1 unspecified atom stereocenters. The number of carbonyl (C=O) groups is 4. The van der Waals surface area contributed by atoms with Crippen LogP contribution in [0.4, 0.5) is 0 Å². The number of methoxy groups -OCH3 is 3. The molecule has 1 saturated heterocycles. The number of rotatable bonds is 8. The van der Waals surface area contributed by atoms with E-state index in [0.717, 1.165) is 28.8 Å². The molecule has 10 nitrogen and oxygen atoms in total. The minimum Gasteiger partial charge on any atom is -0.465 e. The molecule has 38 heavy (non-hydrogen) atoms. The van der Waals surface area contributed by atoms with Gasteiger partial charge in [-0.1, -0.05) is 12.1 Å². The molecule has 2 heterocycles. The number of thioether (sulfide) groups is 3. The van der Waals surface area contributed by atoms with Gasteiger partial charge in [0, 0.05) is 24.4 Å². The molecule has 0 aromatic heterocycles. The molecule has 1 aromatic rings. The fraction of sp³-hybridized carbons (Fsp3) is 0.480. The van der Waals surface area contributed by atoms with Crippen molar-refractivity contribution in [2.24, 2.45) is 4.99 Å². The molecule has 3 rings (SSSR count). The van der Waals surface area contributed by atoms with Crippen LogP contribution < -0.4 is 5.32 Å². The zero-order valence-corrected chi connectivity index (χ0v) is 24.4. The van der Waals surface area contributed by atoms with Gasteiger partial charge in [0.1, 0.15) is 10.6 Å². The normalized spacial score (nSPS) is 17.8. The van der Waals surface area contributed by atoms with E-state index in [4.69, 9.17) is 18.9 Å². The predicted molar refractivity (Wildman–Crippen MR) is 148 cm³/mol. The first-order chi connectivity index (χ1) is 18.0. The van der Waals surface area contributed by atoms with E-state index in [0.29, 0.717) is 5.75 Å². The number of nitrogens with one attached hydrogen (secondary N) is 1. The molecule has 1 aromatic carbocycles. The average Bonchev–Trinajstić information content (AvgIpc) is 3.44. The molecule has 13 heteroatoms. The van der Waals surface area contributed by atoms with Crippen LogP contribution in [0.25, 0.3) is 0 Å². The number of hydrogen-bond donors (Lipinski definition) is 1. The van der Waals surface area contributed by atoms with Crippen LogP contribution in [-0.4, -0.2) is 83.4 Å². The Bertz CT molecular complexity index is 1170. The van der Waals surface area contributed by atoms with Gasteiger partial charge in [-0.05, 0) is 38.5 Å². The van der Waals surface area contributed by atoms with Crippen LogP contribution in [0.15, 0.2) is 40.5 Å². The van der Waals surface area contributed by atoms with Gasteiger partial charge in [0.2, 0.25) is 0 Å². The van der Waals surface area contributed by atoms with Crippen LogP contribution in [0, 0.1) is 0 Å². The molecular weight excluding hydrogens is 552 g/mol. The Balaban J connectivity index is 2.14. The molecule has 2 aliphatic rings. The Labute approximate surface area is 234 Å². The highest BCUT2D eigenvalue weighted by Gasteiger charge is 2.51. The maximum absolute atomic E-state index is 13.6. The molecule has 0 radical (unpaired) electrons. The van der Waals surface area contributed by atoms with Crippen LogP contribution in [0.3, 0.4) is 0 Å². The first-order valence-corrected chi connectivity index (χ1v) is 14.6.